The van der Waals surface area contributed by atoms with Gasteiger partial charge in [0.2, 0.25) is 0 Å². The summed E-state index contributed by atoms with van der Waals surface area (Å²) in [6.45, 7) is 1.82. The van der Waals surface area contributed by atoms with E-state index in [4.69, 9.17) is 4.74 Å². The van der Waals surface area contributed by atoms with Gasteiger partial charge in [-0.05, 0) is 24.3 Å². The minimum atomic E-state index is -0.0352. The predicted molar refractivity (Wildman–Crippen MR) is 145 cm³/mol. The number of carbonyl (C=O) groups is 1. The number of pyridine rings is 2. The maximum absolute atomic E-state index is 12.7. The van der Waals surface area contributed by atoms with Gasteiger partial charge in [0.05, 0.1) is 35.8 Å². The van der Waals surface area contributed by atoms with Gasteiger partial charge < -0.3 is 15.4 Å². The van der Waals surface area contributed by atoms with E-state index in [9.17, 15) is 4.79 Å². The Labute approximate surface area is 219 Å². The van der Waals surface area contributed by atoms with Gasteiger partial charge >= 0.3 is 0 Å². The number of Topliss-reactive ketones (excluding diaryl/α,β-unsaturated/α-hetero) is 1. The van der Waals surface area contributed by atoms with Crippen molar-refractivity contribution in [1.29, 1.82) is 0 Å². The lowest BCUT2D eigenvalue weighted by atomic mass is 10.1. The number of rotatable bonds is 9. The van der Waals surface area contributed by atoms with Crippen LogP contribution in [0.3, 0.4) is 0 Å². The van der Waals surface area contributed by atoms with Crippen LogP contribution in [0.4, 0.5) is 23.0 Å². The highest BCUT2D eigenvalue weighted by Gasteiger charge is 2.18. The minimum Gasteiger partial charge on any atom is -0.494 e. The molecule has 1 aromatic carbocycles. The number of aryl methyl sites for hydroxylation is 2. The normalized spacial score (nSPS) is 10.8. The fraction of sp³-hybridized carbons (Fsp3) is 0.185. The molecule has 0 radical (unpaired) electrons. The number of ether oxygens (including phenoxy) is 1. The first-order valence-electron chi connectivity index (χ1n) is 12.0. The highest BCUT2D eigenvalue weighted by Crippen LogP contribution is 2.37. The molecule has 0 bridgehead atoms. The molecule has 0 fully saturated rings. The second kappa shape index (κ2) is 10.5. The molecule has 0 aliphatic rings. The van der Waals surface area contributed by atoms with Crippen LogP contribution in [0.15, 0.2) is 67.5 Å². The maximum atomic E-state index is 12.7. The lowest BCUT2D eigenvalue weighted by molar-refractivity contribution is 0.0988. The van der Waals surface area contributed by atoms with Crippen LogP contribution in [0.2, 0.25) is 0 Å². The second-order valence-corrected chi connectivity index (χ2v) is 8.60. The Kier molecular flexibility index (Phi) is 6.81. The van der Waals surface area contributed by atoms with Crippen LogP contribution >= 0.6 is 0 Å². The number of methoxy groups -OCH3 is 1. The Balaban J connectivity index is 1.45. The zero-order chi connectivity index (χ0) is 26.6. The zero-order valence-electron chi connectivity index (χ0n) is 21.5. The lowest BCUT2D eigenvalue weighted by Gasteiger charge is -2.17. The molecule has 11 heteroatoms. The number of anilines is 4. The van der Waals surface area contributed by atoms with Crippen molar-refractivity contribution in [2.45, 2.75) is 13.3 Å². The Hall–Kier alpha value is -5.06. The van der Waals surface area contributed by atoms with Gasteiger partial charge in [-0.1, -0.05) is 13.0 Å². The second-order valence-electron chi connectivity index (χ2n) is 8.60. The van der Waals surface area contributed by atoms with Crippen LogP contribution in [0, 0.1) is 0 Å². The van der Waals surface area contributed by atoms with Gasteiger partial charge in [-0.2, -0.15) is 10.2 Å². The quantitative estimate of drug-likeness (QED) is 0.271. The molecule has 192 valence electrons. The van der Waals surface area contributed by atoms with E-state index in [0.717, 1.165) is 16.7 Å². The molecule has 2 N–H and O–H groups in total. The van der Waals surface area contributed by atoms with Gasteiger partial charge in [0, 0.05) is 56.3 Å². The van der Waals surface area contributed by atoms with E-state index in [1.54, 1.807) is 54.5 Å². The summed E-state index contributed by atoms with van der Waals surface area (Å²) in [5, 5.41) is 15.2. The van der Waals surface area contributed by atoms with Crippen LogP contribution in [0.25, 0.3) is 22.5 Å². The van der Waals surface area contributed by atoms with E-state index >= 15 is 0 Å². The third kappa shape index (κ3) is 5.07. The number of para-hydroxylation sites is 1. The molecular formula is C27H27N9O2. The predicted octanol–water partition coefficient (Wildman–Crippen LogP) is 4.76. The fourth-order valence-electron chi connectivity index (χ4n) is 4.02. The Morgan fingerprint density at radius 1 is 0.921 bits per heavy atom. The average molecular weight is 510 g/mol. The molecule has 5 aromatic rings. The number of aromatic nitrogens is 7. The highest BCUT2D eigenvalue weighted by atomic mass is 16.5. The summed E-state index contributed by atoms with van der Waals surface area (Å²) in [6.07, 6.45) is 9.04. The first-order valence-corrected chi connectivity index (χ1v) is 12.0. The summed E-state index contributed by atoms with van der Waals surface area (Å²) in [6, 6.07) is 11.3. The summed E-state index contributed by atoms with van der Waals surface area (Å²) in [4.78, 5) is 26.1. The van der Waals surface area contributed by atoms with Crippen molar-refractivity contribution in [3.63, 3.8) is 0 Å². The third-order valence-electron chi connectivity index (χ3n) is 5.91. The van der Waals surface area contributed by atoms with Crippen molar-refractivity contribution in [1.82, 2.24) is 34.5 Å². The number of nitrogens with one attached hydrogen (secondary N) is 2. The van der Waals surface area contributed by atoms with Crippen molar-refractivity contribution in [2.75, 3.05) is 17.7 Å². The summed E-state index contributed by atoms with van der Waals surface area (Å²) < 4.78 is 9.11. The van der Waals surface area contributed by atoms with E-state index in [2.05, 4.69) is 35.8 Å². The SMILES string of the molecule is CCC(=O)c1cnc(Nc2ccc(-c3cnn(C)c3)cn2)cc1Nc1cccc(-c2ncn(C)n2)c1OC. The zero-order valence-corrected chi connectivity index (χ0v) is 21.5. The smallest absolute Gasteiger partial charge is 0.184 e. The minimum absolute atomic E-state index is 0.0352. The average Bonchev–Trinajstić information content (AvgIpc) is 3.57. The molecule has 0 spiro atoms. The first-order chi connectivity index (χ1) is 18.4. The summed E-state index contributed by atoms with van der Waals surface area (Å²) >= 11 is 0. The molecule has 0 atom stereocenters. The van der Waals surface area contributed by atoms with Gasteiger partial charge in [0.25, 0.3) is 0 Å². The molecule has 0 aliphatic heterocycles. The standard InChI is InChI=1S/C27H27N9O2/c1-5-23(37)20-14-29-25(33-24-10-9-17(12-28-24)18-13-31-35(2)15-18)11-22(20)32-21-8-6-7-19(26(21)38-4)27-30-16-36(3)34-27/h6-16H,5H2,1-4H3,(H2,28,29,32,33). The fourth-order valence-corrected chi connectivity index (χ4v) is 4.02. The monoisotopic (exact) mass is 509 g/mol. The number of hydrogen-bond acceptors (Lipinski definition) is 9. The van der Waals surface area contributed by atoms with Crippen LogP contribution < -0.4 is 15.4 Å². The molecule has 11 nitrogen and oxygen atoms in total. The topological polar surface area (TPSA) is 125 Å². The van der Waals surface area contributed by atoms with Crippen LogP contribution in [0.1, 0.15) is 23.7 Å². The third-order valence-corrected chi connectivity index (χ3v) is 5.91. The van der Waals surface area contributed by atoms with Crippen molar-refractivity contribution < 1.29 is 9.53 Å². The van der Waals surface area contributed by atoms with Crippen LogP contribution in [-0.4, -0.2) is 47.4 Å². The molecule has 0 amide bonds. The molecule has 0 saturated heterocycles. The molecule has 0 saturated carbocycles. The van der Waals surface area contributed by atoms with Gasteiger partial charge in [0.1, 0.15) is 18.0 Å². The van der Waals surface area contributed by atoms with E-state index in [0.29, 0.717) is 46.6 Å². The first kappa shape index (κ1) is 24.6. The van der Waals surface area contributed by atoms with Crippen molar-refractivity contribution >= 4 is 28.8 Å². The molecular weight excluding hydrogens is 482 g/mol. The van der Waals surface area contributed by atoms with E-state index < -0.39 is 0 Å². The van der Waals surface area contributed by atoms with Crippen molar-refractivity contribution in [2.24, 2.45) is 14.1 Å². The summed E-state index contributed by atoms with van der Waals surface area (Å²) in [5.41, 5.74) is 4.39. The van der Waals surface area contributed by atoms with Crippen molar-refractivity contribution in [3.05, 3.63) is 73.1 Å². The lowest BCUT2D eigenvalue weighted by Crippen LogP contribution is -2.07. The van der Waals surface area contributed by atoms with Gasteiger partial charge in [-0.15, -0.1) is 0 Å². The molecule has 5 rings (SSSR count). The molecule has 0 aliphatic carbocycles. The largest absolute Gasteiger partial charge is 0.494 e. The van der Waals surface area contributed by atoms with Gasteiger partial charge in [-0.3, -0.25) is 14.2 Å². The Morgan fingerprint density at radius 2 is 1.76 bits per heavy atom. The number of carbonyl (C=O) groups excluding carboxylic acids is 1. The number of ketones is 1. The molecule has 4 heterocycles. The summed E-state index contributed by atoms with van der Waals surface area (Å²) in [5.74, 6) is 2.21. The Morgan fingerprint density at radius 3 is 2.42 bits per heavy atom. The van der Waals surface area contributed by atoms with E-state index in [-0.39, 0.29) is 5.78 Å². The van der Waals surface area contributed by atoms with Gasteiger partial charge in [-0.25, -0.2) is 15.0 Å². The molecule has 0 unspecified atom stereocenters. The molecule has 4 aromatic heterocycles. The van der Waals surface area contributed by atoms with Crippen molar-refractivity contribution in [3.8, 4) is 28.3 Å². The van der Waals surface area contributed by atoms with Gasteiger partial charge in [0.15, 0.2) is 17.4 Å². The summed E-state index contributed by atoms with van der Waals surface area (Å²) in [7, 11) is 5.27. The maximum Gasteiger partial charge on any atom is 0.184 e. The number of hydrogen-bond donors (Lipinski definition) is 2. The number of benzene rings is 1. The van der Waals surface area contributed by atoms with Crippen LogP contribution in [0.5, 0.6) is 5.75 Å². The Bertz CT molecular complexity index is 1590. The molecule has 38 heavy (non-hydrogen) atoms. The van der Waals surface area contributed by atoms with E-state index in [1.165, 1.54) is 0 Å². The number of nitrogens with zero attached hydrogens (tertiary/aromatic N) is 7. The van der Waals surface area contributed by atoms with E-state index in [1.807, 2.05) is 50.5 Å². The van der Waals surface area contributed by atoms with Crippen LogP contribution in [-0.2, 0) is 14.1 Å². The highest BCUT2D eigenvalue weighted by molar-refractivity contribution is 6.02.